The summed E-state index contributed by atoms with van der Waals surface area (Å²) in [5.41, 5.74) is 2.17. The van der Waals surface area contributed by atoms with E-state index in [9.17, 15) is 0 Å². The highest BCUT2D eigenvalue weighted by molar-refractivity contribution is 5.34. The van der Waals surface area contributed by atoms with Crippen LogP contribution in [0.2, 0.25) is 0 Å². The summed E-state index contributed by atoms with van der Waals surface area (Å²) in [6.07, 6.45) is 2.15. The molecule has 0 saturated carbocycles. The summed E-state index contributed by atoms with van der Waals surface area (Å²) < 4.78 is 5.42. The Kier molecular flexibility index (Phi) is 4.47. The molecule has 0 unspecified atom stereocenters. The molecule has 2 nitrogen and oxygen atoms in total. The highest BCUT2D eigenvalue weighted by Gasteiger charge is 2.00. The zero-order valence-electron chi connectivity index (χ0n) is 8.92. The average Bonchev–Trinajstić information content (AvgIpc) is 2.18. The van der Waals surface area contributed by atoms with Crippen molar-refractivity contribution in [1.29, 1.82) is 0 Å². The minimum absolute atomic E-state index is 0.0810. The third-order valence-corrected chi connectivity index (χ3v) is 2.06. The first kappa shape index (κ1) is 11.1. The molecule has 0 radical (unpaired) electrons. The fourth-order valence-electron chi connectivity index (χ4n) is 1.50. The lowest BCUT2D eigenvalue weighted by Gasteiger charge is -2.08. The van der Waals surface area contributed by atoms with Crippen molar-refractivity contribution in [3.05, 3.63) is 29.3 Å². The Labute approximate surface area is 85.5 Å². The molecule has 0 heterocycles. The van der Waals surface area contributed by atoms with Crippen molar-refractivity contribution in [3.63, 3.8) is 0 Å². The van der Waals surface area contributed by atoms with Gasteiger partial charge >= 0.3 is 0 Å². The zero-order chi connectivity index (χ0) is 10.4. The second kappa shape index (κ2) is 5.66. The van der Waals surface area contributed by atoms with Crippen LogP contribution in [0.15, 0.2) is 18.2 Å². The fraction of sp³-hybridized carbons (Fsp3) is 0.500. The first-order chi connectivity index (χ1) is 6.80. The molecule has 2 heteroatoms. The van der Waals surface area contributed by atoms with Gasteiger partial charge in [0.25, 0.3) is 0 Å². The van der Waals surface area contributed by atoms with Crippen LogP contribution in [0.1, 0.15) is 31.4 Å². The molecule has 0 spiro atoms. The molecule has 0 atom stereocenters. The van der Waals surface area contributed by atoms with Gasteiger partial charge in [-0.2, -0.15) is 0 Å². The number of ether oxygens (including phenoxy) is 1. The summed E-state index contributed by atoms with van der Waals surface area (Å²) in [4.78, 5) is 0. The Morgan fingerprint density at radius 1 is 1.14 bits per heavy atom. The maximum Gasteiger partial charge on any atom is 0.119 e. The van der Waals surface area contributed by atoms with Gasteiger partial charge in [-0.25, -0.2) is 0 Å². The monoisotopic (exact) mass is 194 g/mol. The van der Waals surface area contributed by atoms with Crippen molar-refractivity contribution >= 4 is 0 Å². The highest BCUT2D eigenvalue weighted by Crippen LogP contribution is 2.18. The number of rotatable bonds is 5. The third-order valence-electron chi connectivity index (χ3n) is 2.06. The van der Waals surface area contributed by atoms with Crippen LogP contribution < -0.4 is 4.74 Å². The second-order valence-electron chi connectivity index (χ2n) is 3.33. The predicted octanol–water partition coefficient (Wildman–Crippen LogP) is 2.53. The summed E-state index contributed by atoms with van der Waals surface area (Å²) in [7, 11) is 0. The van der Waals surface area contributed by atoms with Gasteiger partial charge < -0.3 is 9.84 Å². The molecule has 0 bridgehead atoms. The lowest BCUT2D eigenvalue weighted by molar-refractivity contribution is 0.280. The lowest BCUT2D eigenvalue weighted by atomic mass is 10.1. The van der Waals surface area contributed by atoms with E-state index in [1.54, 1.807) is 0 Å². The summed E-state index contributed by atoms with van der Waals surface area (Å²) in [6, 6.07) is 5.97. The van der Waals surface area contributed by atoms with Gasteiger partial charge in [-0.3, -0.25) is 0 Å². The Morgan fingerprint density at radius 2 is 1.86 bits per heavy atom. The van der Waals surface area contributed by atoms with E-state index in [0.717, 1.165) is 24.2 Å². The molecule has 78 valence electrons. The van der Waals surface area contributed by atoms with Crippen molar-refractivity contribution in [2.75, 3.05) is 6.61 Å². The number of benzene rings is 1. The van der Waals surface area contributed by atoms with E-state index in [-0.39, 0.29) is 6.61 Å². The number of aryl methyl sites for hydroxylation is 1. The number of hydrogen-bond donors (Lipinski definition) is 1. The molecule has 0 aliphatic heterocycles. The Bertz CT molecular complexity index is 257. The van der Waals surface area contributed by atoms with E-state index < -0.39 is 0 Å². The first-order valence-electron chi connectivity index (χ1n) is 5.16. The molecule has 1 N–H and O–H groups in total. The van der Waals surface area contributed by atoms with Gasteiger partial charge in [-0.05, 0) is 36.6 Å². The maximum atomic E-state index is 9.07. The van der Waals surface area contributed by atoms with E-state index in [2.05, 4.69) is 6.92 Å². The standard InChI is InChI=1S/C12H18O2/c1-3-5-10-6-11(9-13)8-12(7-10)14-4-2/h6-8,13H,3-5,9H2,1-2H3. The summed E-state index contributed by atoms with van der Waals surface area (Å²) in [5.74, 6) is 0.863. The molecule has 0 saturated heterocycles. The summed E-state index contributed by atoms with van der Waals surface area (Å²) in [5, 5.41) is 9.07. The van der Waals surface area contributed by atoms with Gasteiger partial charge in [0.1, 0.15) is 5.75 Å². The number of hydrogen-bond acceptors (Lipinski definition) is 2. The van der Waals surface area contributed by atoms with E-state index >= 15 is 0 Å². The van der Waals surface area contributed by atoms with E-state index in [4.69, 9.17) is 9.84 Å². The SMILES string of the molecule is CCCc1cc(CO)cc(OCC)c1. The molecule has 1 aromatic rings. The van der Waals surface area contributed by atoms with Crippen LogP contribution in [0.3, 0.4) is 0 Å². The third kappa shape index (κ3) is 3.04. The van der Waals surface area contributed by atoms with Crippen molar-refractivity contribution in [2.45, 2.75) is 33.3 Å². The Balaban J connectivity index is 2.88. The van der Waals surface area contributed by atoms with Crippen LogP contribution in [0.25, 0.3) is 0 Å². The zero-order valence-corrected chi connectivity index (χ0v) is 8.92. The predicted molar refractivity (Wildman–Crippen MR) is 57.5 cm³/mol. The van der Waals surface area contributed by atoms with Crippen molar-refractivity contribution in [1.82, 2.24) is 0 Å². The van der Waals surface area contributed by atoms with Crippen molar-refractivity contribution in [2.24, 2.45) is 0 Å². The van der Waals surface area contributed by atoms with Crippen LogP contribution in [-0.4, -0.2) is 11.7 Å². The van der Waals surface area contributed by atoms with Gasteiger partial charge in [0.15, 0.2) is 0 Å². The summed E-state index contributed by atoms with van der Waals surface area (Å²) in [6.45, 7) is 4.86. The van der Waals surface area contributed by atoms with Gasteiger partial charge in [0.2, 0.25) is 0 Å². The topological polar surface area (TPSA) is 29.5 Å². The average molecular weight is 194 g/mol. The molecule has 0 fully saturated rings. The molecular weight excluding hydrogens is 176 g/mol. The van der Waals surface area contributed by atoms with Gasteiger partial charge in [-0.15, -0.1) is 0 Å². The Morgan fingerprint density at radius 3 is 2.43 bits per heavy atom. The van der Waals surface area contributed by atoms with Gasteiger partial charge in [0, 0.05) is 0 Å². The molecule has 14 heavy (non-hydrogen) atoms. The minimum atomic E-state index is 0.0810. The second-order valence-corrected chi connectivity index (χ2v) is 3.33. The van der Waals surface area contributed by atoms with Crippen molar-refractivity contribution < 1.29 is 9.84 Å². The largest absolute Gasteiger partial charge is 0.494 e. The molecular formula is C12H18O2. The van der Waals surface area contributed by atoms with Crippen LogP contribution in [0.4, 0.5) is 0 Å². The highest BCUT2D eigenvalue weighted by atomic mass is 16.5. The molecule has 1 aromatic carbocycles. The van der Waals surface area contributed by atoms with Crippen molar-refractivity contribution in [3.8, 4) is 5.75 Å². The van der Waals surface area contributed by atoms with Crippen LogP contribution >= 0.6 is 0 Å². The number of aliphatic hydroxyl groups excluding tert-OH is 1. The normalized spacial score (nSPS) is 10.2. The first-order valence-corrected chi connectivity index (χ1v) is 5.16. The van der Waals surface area contributed by atoms with Crippen LogP contribution in [0, 0.1) is 0 Å². The van der Waals surface area contributed by atoms with E-state index in [1.165, 1.54) is 5.56 Å². The van der Waals surface area contributed by atoms with Crippen LogP contribution in [0.5, 0.6) is 5.75 Å². The van der Waals surface area contributed by atoms with E-state index in [1.807, 2.05) is 25.1 Å². The molecule has 0 amide bonds. The van der Waals surface area contributed by atoms with Gasteiger partial charge in [0.05, 0.1) is 13.2 Å². The fourth-order valence-corrected chi connectivity index (χ4v) is 1.50. The summed E-state index contributed by atoms with van der Waals surface area (Å²) >= 11 is 0. The quantitative estimate of drug-likeness (QED) is 0.780. The lowest BCUT2D eigenvalue weighted by Crippen LogP contribution is -1.95. The molecule has 0 aliphatic carbocycles. The molecule has 0 aromatic heterocycles. The van der Waals surface area contributed by atoms with E-state index in [0.29, 0.717) is 6.61 Å². The smallest absolute Gasteiger partial charge is 0.119 e. The molecule has 0 aliphatic rings. The Hall–Kier alpha value is -1.02. The molecule has 1 rings (SSSR count). The van der Waals surface area contributed by atoms with Gasteiger partial charge in [-0.1, -0.05) is 19.4 Å². The maximum absolute atomic E-state index is 9.07. The van der Waals surface area contributed by atoms with Crippen LogP contribution in [-0.2, 0) is 13.0 Å². The number of aliphatic hydroxyl groups is 1. The minimum Gasteiger partial charge on any atom is -0.494 e.